The molecule has 2 heterocycles. The van der Waals surface area contributed by atoms with Crippen molar-refractivity contribution in [3.63, 3.8) is 0 Å². The minimum absolute atomic E-state index is 0.256. The molecule has 1 amide bonds. The summed E-state index contributed by atoms with van der Waals surface area (Å²) in [5, 5.41) is 3.68. The molecule has 0 aliphatic carbocycles. The number of halogens is 1. The Balaban J connectivity index is 1.88. The summed E-state index contributed by atoms with van der Waals surface area (Å²) in [6.45, 7) is 0. The Kier molecular flexibility index (Phi) is 3.25. The maximum absolute atomic E-state index is 12.1. The van der Waals surface area contributed by atoms with Crippen LogP contribution in [0.4, 0.5) is 10.9 Å². The van der Waals surface area contributed by atoms with Crippen LogP contribution in [0.3, 0.4) is 0 Å². The fraction of sp³-hybridized carbons (Fsp3) is 0. The van der Waals surface area contributed by atoms with Gasteiger partial charge < -0.3 is 11.1 Å². The Labute approximate surface area is 123 Å². The van der Waals surface area contributed by atoms with Crippen molar-refractivity contribution in [2.75, 3.05) is 11.1 Å². The Morgan fingerprint density at radius 3 is 2.95 bits per heavy atom. The van der Waals surface area contributed by atoms with E-state index in [2.05, 4.69) is 15.3 Å². The molecule has 3 N–H and O–H groups in total. The van der Waals surface area contributed by atoms with E-state index in [1.807, 2.05) is 0 Å². The number of nitrogens with zero attached hydrogens (tertiary/aromatic N) is 2. The molecule has 1 aromatic carbocycles. The number of nitrogen functional groups attached to an aromatic ring is 1. The van der Waals surface area contributed by atoms with E-state index in [4.69, 9.17) is 17.3 Å². The molecule has 0 saturated carbocycles. The van der Waals surface area contributed by atoms with Crippen LogP contribution >= 0.6 is 22.9 Å². The number of carbonyl (C=O) groups excluding carboxylic acids is 1. The molecule has 2 aromatic heterocycles. The van der Waals surface area contributed by atoms with Gasteiger partial charge in [0.1, 0.15) is 5.82 Å². The van der Waals surface area contributed by atoms with Gasteiger partial charge in [0.15, 0.2) is 5.13 Å². The average Bonchev–Trinajstić information content (AvgIpc) is 2.77. The fourth-order valence-electron chi connectivity index (χ4n) is 1.75. The van der Waals surface area contributed by atoms with E-state index >= 15 is 0 Å². The number of nitrogens with two attached hydrogens (primary N) is 1. The molecule has 0 spiro atoms. The first kappa shape index (κ1) is 12.8. The van der Waals surface area contributed by atoms with E-state index in [0.29, 0.717) is 21.5 Å². The molecule has 0 saturated heterocycles. The minimum Gasteiger partial charge on any atom is -0.375 e. The van der Waals surface area contributed by atoms with Crippen LogP contribution < -0.4 is 11.1 Å². The van der Waals surface area contributed by atoms with E-state index in [0.717, 1.165) is 10.2 Å². The lowest BCUT2D eigenvalue weighted by atomic mass is 10.2. The lowest BCUT2D eigenvalue weighted by Crippen LogP contribution is -2.12. The van der Waals surface area contributed by atoms with Crippen molar-refractivity contribution >= 4 is 50.0 Å². The third-order valence-corrected chi connectivity index (χ3v) is 3.71. The Morgan fingerprint density at radius 2 is 2.15 bits per heavy atom. The summed E-state index contributed by atoms with van der Waals surface area (Å²) in [6.07, 6.45) is 1.53. The highest BCUT2D eigenvalue weighted by Gasteiger charge is 2.09. The average molecular weight is 305 g/mol. The van der Waals surface area contributed by atoms with Gasteiger partial charge in [-0.3, -0.25) is 4.79 Å². The number of rotatable bonds is 2. The van der Waals surface area contributed by atoms with Gasteiger partial charge in [-0.2, -0.15) is 0 Å². The molecule has 5 nitrogen and oxygen atoms in total. The van der Waals surface area contributed by atoms with Crippen LogP contribution in [0, 0.1) is 0 Å². The number of thiazole rings is 1. The van der Waals surface area contributed by atoms with Gasteiger partial charge >= 0.3 is 0 Å². The summed E-state index contributed by atoms with van der Waals surface area (Å²) < 4.78 is 0.870. The number of carbonyl (C=O) groups is 1. The van der Waals surface area contributed by atoms with E-state index in [-0.39, 0.29) is 5.91 Å². The van der Waals surface area contributed by atoms with Crippen LogP contribution in [0.2, 0.25) is 5.02 Å². The van der Waals surface area contributed by atoms with Crippen molar-refractivity contribution in [2.24, 2.45) is 0 Å². The zero-order valence-corrected chi connectivity index (χ0v) is 11.7. The van der Waals surface area contributed by atoms with Crippen molar-refractivity contribution in [3.05, 3.63) is 47.1 Å². The zero-order valence-electron chi connectivity index (χ0n) is 10.1. The highest BCUT2D eigenvalue weighted by Crippen LogP contribution is 2.25. The highest BCUT2D eigenvalue weighted by atomic mass is 35.5. The standard InChI is InChI=1S/C13H9ClN4OS/c14-8-3-4-16-11(6-8)18-12(19)7-1-2-9-10(5-7)20-13(15)17-9/h1-6H,(H2,15,17)(H,16,18,19). The monoisotopic (exact) mass is 304 g/mol. The van der Waals surface area contributed by atoms with E-state index < -0.39 is 0 Å². The largest absolute Gasteiger partial charge is 0.375 e. The Morgan fingerprint density at radius 1 is 1.30 bits per heavy atom. The number of hydrogen-bond donors (Lipinski definition) is 2. The maximum atomic E-state index is 12.1. The number of aromatic nitrogens is 2. The summed E-state index contributed by atoms with van der Waals surface area (Å²) in [7, 11) is 0. The van der Waals surface area contributed by atoms with Crippen molar-refractivity contribution in [1.82, 2.24) is 9.97 Å². The van der Waals surface area contributed by atoms with Crippen molar-refractivity contribution in [3.8, 4) is 0 Å². The molecule has 0 bridgehead atoms. The van der Waals surface area contributed by atoms with Gasteiger partial charge in [-0.1, -0.05) is 22.9 Å². The Hall–Kier alpha value is -2.18. The van der Waals surface area contributed by atoms with Crippen LogP contribution in [0.25, 0.3) is 10.2 Å². The molecule has 0 fully saturated rings. The molecule has 0 radical (unpaired) electrons. The number of fused-ring (bicyclic) bond motifs is 1. The number of benzene rings is 1. The third kappa shape index (κ3) is 2.56. The van der Waals surface area contributed by atoms with Crippen LogP contribution in [0.1, 0.15) is 10.4 Å². The van der Waals surface area contributed by atoms with Gasteiger partial charge in [-0.25, -0.2) is 9.97 Å². The number of anilines is 2. The summed E-state index contributed by atoms with van der Waals surface area (Å²) in [5.41, 5.74) is 6.94. The van der Waals surface area contributed by atoms with Crippen LogP contribution in [-0.4, -0.2) is 15.9 Å². The molecule has 100 valence electrons. The van der Waals surface area contributed by atoms with Crippen LogP contribution in [-0.2, 0) is 0 Å². The van der Waals surface area contributed by atoms with E-state index in [1.165, 1.54) is 17.5 Å². The van der Waals surface area contributed by atoms with Crippen molar-refractivity contribution in [2.45, 2.75) is 0 Å². The van der Waals surface area contributed by atoms with Gasteiger partial charge in [0, 0.05) is 16.8 Å². The number of hydrogen-bond acceptors (Lipinski definition) is 5. The molecule has 3 rings (SSSR count). The molecular weight excluding hydrogens is 296 g/mol. The van der Waals surface area contributed by atoms with E-state index in [1.54, 1.807) is 30.3 Å². The lowest BCUT2D eigenvalue weighted by Gasteiger charge is -2.04. The SMILES string of the molecule is Nc1nc2ccc(C(=O)Nc3cc(Cl)ccn3)cc2s1. The topological polar surface area (TPSA) is 80.9 Å². The lowest BCUT2D eigenvalue weighted by molar-refractivity contribution is 0.102. The predicted octanol–water partition coefficient (Wildman–Crippen LogP) is 3.18. The summed E-state index contributed by atoms with van der Waals surface area (Å²) in [4.78, 5) is 20.3. The molecule has 0 aliphatic heterocycles. The highest BCUT2D eigenvalue weighted by molar-refractivity contribution is 7.22. The molecule has 0 unspecified atom stereocenters. The predicted molar refractivity (Wildman–Crippen MR) is 81.2 cm³/mol. The fourth-order valence-corrected chi connectivity index (χ4v) is 2.68. The van der Waals surface area contributed by atoms with Gasteiger partial charge in [0.25, 0.3) is 5.91 Å². The number of nitrogens with one attached hydrogen (secondary N) is 1. The van der Waals surface area contributed by atoms with Crippen LogP contribution in [0.5, 0.6) is 0 Å². The normalized spacial score (nSPS) is 10.7. The third-order valence-electron chi connectivity index (χ3n) is 2.63. The van der Waals surface area contributed by atoms with E-state index in [9.17, 15) is 4.79 Å². The number of amides is 1. The van der Waals surface area contributed by atoms with Gasteiger partial charge in [0.05, 0.1) is 10.2 Å². The molecular formula is C13H9ClN4OS. The summed E-state index contributed by atoms with van der Waals surface area (Å²) >= 11 is 7.19. The summed E-state index contributed by atoms with van der Waals surface area (Å²) in [6, 6.07) is 8.44. The van der Waals surface area contributed by atoms with Gasteiger partial charge in [-0.05, 0) is 30.3 Å². The zero-order chi connectivity index (χ0) is 14.1. The van der Waals surface area contributed by atoms with Gasteiger partial charge in [0.2, 0.25) is 0 Å². The van der Waals surface area contributed by atoms with Crippen molar-refractivity contribution < 1.29 is 4.79 Å². The Bertz CT molecular complexity index is 802. The smallest absolute Gasteiger partial charge is 0.256 e. The molecule has 3 aromatic rings. The summed E-state index contributed by atoms with van der Waals surface area (Å²) in [5.74, 6) is 0.153. The molecule has 20 heavy (non-hydrogen) atoms. The molecule has 0 atom stereocenters. The second-order valence-corrected chi connectivity index (χ2v) is 5.55. The first-order valence-corrected chi connectivity index (χ1v) is 6.90. The molecule has 0 aliphatic rings. The number of pyridine rings is 1. The minimum atomic E-state index is -0.256. The first-order valence-electron chi connectivity index (χ1n) is 5.71. The molecule has 7 heteroatoms. The second-order valence-electron chi connectivity index (χ2n) is 4.05. The quantitative estimate of drug-likeness (QED) is 0.762. The van der Waals surface area contributed by atoms with Gasteiger partial charge in [-0.15, -0.1) is 0 Å². The second kappa shape index (κ2) is 5.07. The van der Waals surface area contributed by atoms with Crippen molar-refractivity contribution in [1.29, 1.82) is 0 Å². The first-order chi connectivity index (χ1) is 9.61. The maximum Gasteiger partial charge on any atom is 0.256 e. The van der Waals surface area contributed by atoms with Crippen LogP contribution in [0.15, 0.2) is 36.5 Å².